The van der Waals surface area contributed by atoms with Gasteiger partial charge in [0.15, 0.2) is 11.6 Å². The van der Waals surface area contributed by atoms with Crippen LogP contribution in [0.3, 0.4) is 0 Å². The number of ketones is 1. The molecule has 0 fully saturated rings. The van der Waals surface area contributed by atoms with Gasteiger partial charge in [-0.25, -0.2) is 9.37 Å². The smallest absolute Gasteiger partial charge is 0.169 e. The van der Waals surface area contributed by atoms with E-state index in [1.165, 1.54) is 18.3 Å². The lowest BCUT2D eigenvalue weighted by Crippen LogP contribution is -2.11. The summed E-state index contributed by atoms with van der Waals surface area (Å²) in [4.78, 5) is 30.1. The molecule has 0 spiro atoms. The van der Waals surface area contributed by atoms with Crippen LogP contribution in [0.1, 0.15) is 29.1 Å². The zero-order valence-electron chi connectivity index (χ0n) is 20.1. The Balaban J connectivity index is 1.46. The molecule has 3 N–H and O–H groups in total. The molecule has 10 heteroatoms. The zero-order valence-corrected chi connectivity index (χ0v) is 20.9. The molecule has 1 aromatic carbocycles. The van der Waals surface area contributed by atoms with Crippen LogP contribution in [0.25, 0.3) is 55.2 Å². The van der Waals surface area contributed by atoms with Crippen molar-refractivity contribution in [2.45, 2.75) is 20.4 Å². The number of pyridine rings is 2. The van der Waals surface area contributed by atoms with Gasteiger partial charge in [0.05, 0.1) is 26.2 Å². The molecule has 0 aliphatic rings. The van der Waals surface area contributed by atoms with Crippen LogP contribution in [0.5, 0.6) is 0 Å². The quantitative estimate of drug-likeness (QED) is 0.236. The third-order valence-electron chi connectivity index (χ3n) is 6.16. The first-order valence-corrected chi connectivity index (χ1v) is 12.6. The average molecular weight is 512 g/mol. The Morgan fingerprint density at radius 2 is 2.00 bits per heavy atom. The molecule has 0 saturated carbocycles. The Morgan fingerprint density at radius 3 is 2.81 bits per heavy atom. The van der Waals surface area contributed by atoms with Gasteiger partial charge in [-0.3, -0.25) is 19.9 Å². The second kappa shape index (κ2) is 9.30. The minimum Gasteiger partial charge on any atom is -0.336 e. The van der Waals surface area contributed by atoms with Crippen LogP contribution < -0.4 is 5.32 Å². The minimum atomic E-state index is -0.396. The number of Topliss-reactive ketones (excluding diaryl/α,β-unsaturated/α-hetero) is 1. The lowest BCUT2D eigenvalue weighted by molar-refractivity contribution is 0.102. The van der Waals surface area contributed by atoms with Crippen molar-refractivity contribution in [1.82, 2.24) is 35.5 Å². The van der Waals surface area contributed by atoms with Crippen molar-refractivity contribution in [2.24, 2.45) is 0 Å². The van der Waals surface area contributed by atoms with E-state index in [9.17, 15) is 4.79 Å². The van der Waals surface area contributed by atoms with Gasteiger partial charge < -0.3 is 10.3 Å². The molecule has 37 heavy (non-hydrogen) atoms. The number of aromatic amines is 2. The van der Waals surface area contributed by atoms with E-state index in [-0.39, 0.29) is 5.78 Å². The summed E-state index contributed by atoms with van der Waals surface area (Å²) in [5, 5.41) is 10.9. The van der Waals surface area contributed by atoms with Crippen LogP contribution in [0, 0.1) is 5.82 Å². The maximum Gasteiger partial charge on any atom is 0.169 e. The van der Waals surface area contributed by atoms with E-state index in [1.807, 2.05) is 31.2 Å². The van der Waals surface area contributed by atoms with E-state index in [0.29, 0.717) is 56.2 Å². The van der Waals surface area contributed by atoms with Gasteiger partial charge in [0.2, 0.25) is 0 Å². The summed E-state index contributed by atoms with van der Waals surface area (Å²) in [6.45, 7) is 5.07. The third kappa shape index (κ3) is 4.09. The first-order valence-electron chi connectivity index (χ1n) is 11.8. The van der Waals surface area contributed by atoms with Crippen LogP contribution in [-0.4, -0.2) is 42.5 Å². The number of thiophene rings is 1. The van der Waals surface area contributed by atoms with Gasteiger partial charge in [-0.15, -0.1) is 11.3 Å². The Bertz CT molecular complexity index is 1780. The van der Waals surface area contributed by atoms with Crippen molar-refractivity contribution in [2.75, 3.05) is 6.54 Å². The number of H-pyrrole nitrogens is 2. The van der Waals surface area contributed by atoms with Crippen LogP contribution in [0.4, 0.5) is 4.39 Å². The van der Waals surface area contributed by atoms with Gasteiger partial charge in [-0.1, -0.05) is 6.92 Å². The molecular weight excluding hydrogens is 489 g/mol. The number of imidazole rings is 1. The zero-order chi connectivity index (χ0) is 25.5. The summed E-state index contributed by atoms with van der Waals surface area (Å²) in [5.41, 5.74) is 5.08. The van der Waals surface area contributed by atoms with E-state index < -0.39 is 5.82 Å². The van der Waals surface area contributed by atoms with E-state index >= 15 is 4.39 Å². The lowest BCUT2D eigenvalue weighted by atomic mass is 10.0. The molecule has 0 atom stereocenters. The van der Waals surface area contributed by atoms with Crippen molar-refractivity contribution in [3.8, 4) is 33.2 Å². The fourth-order valence-corrected chi connectivity index (χ4v) is 5.25. The molecular formula is C27H22FN7OS. The number of halogens is 1. The van der Waals surface area contributed by atoms with Crippen molar-refractivity contribution in [1.29, 1.82) is 0 Å². The summed E-state index contributed by atoms with van der Waals surface area (Å²) < 4.78 is 16.0. The molecule has 0 aliphatic heterocycles. The molecule has 5 heterocycles. The molecule has 0 saturated heterocycles. The van der Waals surface area contributed by atoms with Gasteiger partial charge in [0.1, 0.15) is 22.7 Å². The summed E-state index contributed by atoms with van der Waals surface area (Å²) in [7, 11) is 0. The summed E-state index contributed by atoms with van der Waals surface area (Å²) in [6, 6.07) is 11.0. The highest BCUT2D eigenvalue weighted by molar-refractivity contribution is 7.17. The van der Waals surface area contributed by atoms with Gasteiger partial charge in [-0.2, -0.15) is 5.10 Å². The van der Waals surface area contributed by atoms with Crippen molar-refractivity contribution in [3.63, 3.8) is 0 Å². The predicted molar refractivity (Wildman–Crippen MR) is 143 cm³/mol. The highest BCUT2D eigenvalue weighted by Gasteiger charge is 2.21. The topological polar surface area (TPSA) is 112 Å². The molecule has 5 aromatic heterocycles. The minimum absolute atomic E-state index is 0.00257. The molecule has 6 rings (SSSR count). The van der Waals surface area contributed by atoms with Crippen LogP contribution >= 0.6 is 11.3 Å². The number of rotatable bonds is 7. The van der Waals surface area contributed by atoms with Gasteiger partial charge in [0, 0.05) is 36.3 Å². The number of fused-ring (bicyclic) bond motifs is 2. The monoisotopic (exact) mass is 511 g/mol. The summed E-state index contributed by atoms with van der Waals surface area (Å²) in [6.07, 6.45) is 5.12. The Hall–Kier alpha value is -4.28. The second-order valence-electron chi connectivity index (χ2n) is 8.65. The SMILES string of the molecule is CCNCc1cncc(-c2ccc3[nH]nc(-c4nc5c(-c6ccc(C(C)=O)s6)nccc5[nH]4)c3c2F)c1. The van der Waals surface area contributed by atoms with E-state index in [1.54, 1.807) is 30.7 Å². The van der Waals surface area contributed by atoms with E-state index in [2.05, 4.69) is 30.5 Å². The molecule has 0 bridgehead atoms. The predicted octanol–water partition coefficient (Wildman–Crippen LogP) is 5.74. The molecule has 184 valence electrons. The Kier molecular flexibility index (Phi) is 5.82. The Labute approximate surface area is 215 Å². The number of nitrogens with one attached hydrogen (secondary N) is 3. The second-order valence-corrected chi connectivity index (χ2v) is 9.73. The molecule has 0 unspecified atom stereocenters. The van der Waals surface area contributed by atoms with Crippen molar-refractivity contribution >= 4 is 39.1 Å². The molecule has 0 amide bonds. The number of carbonyl (C=O) groups is 1. The molecule has 0 aliphatic carbocycles. The number of hydrogen-bond donors (Lipinski definition) is 3. The number of carbonyl (C=O) groups excluding carboxylic acids is 1. The highest BCUT2D eigenvalue weighted by atomic mass is 32.1. The normalized spacial score (nSPS) is 11.5. The standard InChI is InChI=1S/C27H22FN7OS/c1-3-29-11-15-10-16(13-30-12-15)17-4-5-18-22(23(17)28)26(35-34-18)27-32-19-8-9-31-25(24(19)33-27)21-7-6-20(37-21)14(2)36/h4-10,12-13,29H,3,11H2,1-2H3,(H,32,33)(H,34,35). The van der Waals surface area contributed by atoms with Gasteiger partial charge in [-0.05, 0) is 55.4 Å². The Morgan fingerprint density at radius 1 is 1.11 bits per heavy atom. The van der Waals surface area contributed by atoms with Crippen LogP contribution in [0.15, 0.2) is 55.0 Å². The fraction of sp³-hybridized carbons (Fsp3) is 0.148. The average Bonchev–Trinajstić information content (AvgIpc) is 3.65. The first kappa shape index (κ1) is 23.1. The lowest BCUT2D eigenvalue weighted by Gasteiger charge is -2.07. The summed E-state index contributed by atoms with van der Waals surface area (Å²) in [5.74, 6) is 0.0310. The largest absolute Gasteiger partial charge is 0.336 e. The molecule has 6 aromatic rings. The number of hydrogen-bond acceptors (Lipinski definition) is 7. The number of aromatic nitrogens is 6. The summed E-state index contributed by atoms with van der Waals surface area (Å²) >= 11 is 1.37. The van der Waals surface area contributed by atoms with E-state index in [0.717, 1.165) is 22.5 Å². The highest BCUT2D eigenvalue weighted by Crippen LogP contribution is 2.36. The third-order valence-corrected chi connectivity index (χ3v) is 7.36. The molecule has 0 radical (unpaired) electrons. The van der Waals surface area contributed by atoms with Crippen molar-refractivity contribution < 1.29 is 9.18 Å². The number of benzene rings is 1. The van der Waals surface area contributed by atoms with Crippen molar-refractivity contribution in [3.05, 3.63) is 71.2 Å². The van der Waals surface area contributed by atoms with Crippen LogP contribution in [-0.2, 0) is 6.54 Å². The fourth-order valence-electron chi connectivity index (χ4n) is 4.35. The number of nitrogens with zero attached hydrogens (tertiary/aromatic N) is 4. The van der Waals surface area contributed by atoms with Gasteiger partial charge in [0.25, 0.3) is 0 Å². The molecule has 8 nitrogen and oxygen atoms in total. The van der Waals surface area contributed by atoms with E-state index in [4.69, 9.17) is 4.98 Å². The van der Waals surface area contributed by atoms with Crippen LogP contribution in [0.2, 0.25) is 0 Å². The van der Waals surface area contributed by atoms with Gasteiger partial charge >= 0.3 is 0 Å². The first-order chi connectivity index (χ1) is 18.0. The maximum atomic E-state index is 16.0. The maximum absolute atomic E-state index is 16.0.